The number of rotatable bonds is 4. The molecule has 0 unspecified atom stereocenters. The third-order valence-electron chi connectivity index (χ3n) is 4.83. The number of benzene rings is 2. The summed E-state index contributed by atoms with van der Waals surface area (Å²) in [5.74, 6) is 2.15. The molecule has 0 aliphatic carbocycles. The van der Waals surface area contributed by atoms with E-state index in [0.717, 1.165) is 18.9 Å². The third-order valence-corrected chi connectivity index (χ3v) is 4.83. The predicted molar refractivity (Wildman–Crippen MR) is 97.2 cm³/mol. The molecule has 4 heteroatoms. The van der Waals surface area contributed by atoms with Crippen LogP contribution in [-0.2, 0) is 13.1 Å². The molecule has 128 valence electrons. The maximum absolute atomic E-state index is 5.45. The molecular weight excluding hydrogens is 310 g/mol. The first-order chi connectivity index (χ1) is 12.2. The molecule has 1 aromatic heterocycles. The van der Waals surface area contributed by atoms with Crippen molar-refractivity contribution in [2.24, 2.45) is 0 Å². The molecule has 0 amide bonds. The van der Waals surface area contributed by atoms with Gasteiger partial charge in [0.25, 0.3) is 0 Å². The van der Waals surface area contributed by atoms with Crippen molar-refractivity contribution in [2.75, 3.05) is 6.54 Å². The van der Waals surface area contributed by atoms with Crippen molar-refractivity contribution in [3.05, 3.63) is 83.0 Å². The molecule has 2 aromatic carbocycles. The summed E-state index contributed by atoms with van der Waals surface area (Å²) in [5.41, 5.74) is 4.16. The Morgan fingerprint density at radius 2 is 1.84 bits per heavy atom. The maximum Gasteiger partial charge on any atom is 0.240 e. The first-order valence-corrected chi connectivity index (χ1v) is 8.88. The van der Waals surface area contributed by atoms with E-state index < -0.39 is 0 Å². The van der Waals surface area contributed by atoms with Crippen LogP contribution in [0.25, 0.3) is 0 Å². The summed E-state index contributed by atoms with van der Waals surface area (Å²) in [7, 11) is 0. The minimum atomic E-state index is 0.289. The number of hydrogen-bond acceptors (Lipinski definition) is 4. The van der Waals surface area contributed by atoms with Gasteiger partial charge in [0.15, 0.2) is 5.82 Å². The Morgan fingerprint density at radius 1 is 1.08 bits per heavy atom. The molecule has 25 heavy (non-hydrogen) atoms. The van der Waals surface area contributed by atoms with Gasteiger partial charge in [-0.2, -0.15) is 4.98 Å². The van der Waals surface area contributed by atoms with Gasteiger partial charge in [-0.15, -0.1) is 0 Å². The minimum Gasteiger partial charge on any atom is -0.338 e. The van der Waals surface area contributed by atoms with E-state index in [1.54, 1.807) is 0 Å². The molecule has 0 saturated heterocycles. The molecular formula is C21H23N3O. The van der Waals surface area contributed by atoms with Gasteiger partial charge in [-0.05, 0) is 16.7 Å². The van der Waals surface area contributed by atoms with Gasteiger partial charge in [0, 0.05) is 24.9 Å². The zero-order valence-corrected chi connectivity index (χ0v) is 14.7. The number of aromatic nitrogens is 2. The summed E-state index contributed by atoms with van der Waals surface area (Å²) < 4.78 is 5.45. The largest absolute Gasteiger partial charge is 0.338 e. The van der Waals surface area contributed by atoms with Crippen molar-refractivity contribution in [2.45, 2.75) is 38.8 Å². The van der Waals surface area contributed by atoms with Crippen LogP contribution in [0.4, 0.5) is 0 Å². The summed E-state index contributed by atoms with van der Waals surface area (Å²) in [5, 5.41) is 4.09. The highest BCUT2D eigenvalue weighted by Crippen LogP contribution is 2.33. The van der Waals surface area contributed by atoms with E-state index in [0.29, 0.717) is 18.4 Å². The topological polar surface area (TPSA) is 42.2 Å². The van der Waals surface area contributed by atoms with Gasteiger partial charge in [0.1, 0.15) is 0 Å². The van der Waals surface area contributed by atoms with Crippen molar-refractivity contribution >= 4 is 0 Å². The fourth-order valence-electron chi connectivity index (χ4n) is 3.53. The number of nitrogens with zero attached hydrogens (tertiary/aromatic N) is 3. The molecule has 0 N–H and O–H groups in total. The SMILES string of the molecule is CC(C)c1noc(CN2Cc3ccccc3[C@H](c3ccccc3)C2)n1. The van der Waals surface area contributed by atoms with Gasteiger partial charge < -0.3 is 4.52 Å². The highest BCUT2D eigenvalue weighted by atomic mass is 16.5. The smallest absolute Gasteiger partial charge is 0.240 e. The van der Waals surface area contributed by atoms with E-state index in [1.165, 1.54) is 16.7 Å². The second-order valence-corrected chi connectivity index (χ2v) is 7.03. The van der Waals surface area contributed by atoms with Gasteiger partial charge in [-0.3, -0.25) is 4.90 Å². The van der Waals surface area contributed by atoms with Crippen LogP contribution >= 0.6 is 0 Å². The van der Waals surface area contributed by atoms with Crippen molar-refractivity contribution in [1.29, 1.82) is 0 Å². The Hall–Kier alpha value is -2.46. The van der Waals surface area contributed by atoms with Gasteiger partial charge in [-0.1, -0.05) is 73.6 Å². The quantitative estimate of drug-likeness (QED) is 0.712. The van der Waals surface area contributed by atoms with E-state index >= 15 is 0 Å². The van der Waals surface area contributed by atoms with Crippen LogP contribution in [0.2, 0.25) is 0 Å². The Kier molecular flexibility index (Phi) is 4.36. The minimum absolute atomic E-state index is 0.289. The first-order valence-electron chi connectivity index (χ1n) is 8.88. The molecule has 0 fully saturated rings. The highest BCUT2D eigenvalue weighted by molar-refractivity contribution is 5.40. The molecule has 0 saturated carbocycles. The fourth-order valence-corrected chi connectivity index (χ4v) is 3.53. The van der Waals surface area contributed by atoms with Gasteiger partial charge in [-0.25, -0.2) is 0 Å². The standard InChI is InChI=1S/C21H23N3O/c1-15(2)21-22-20(25-23-21)14-24-12-17-10-6-7-11-18(17)19(13-24)16-8-4-3-5-9-16/h3-11,15,19H,12-14H2,1-2H3/t19-/m0/s1. The van der Waals surface area contributed by atoms with Gasteiger partial charge in [0.05, 0.1) is 6.54 Å². The van der Waals surface area contributed by atoms with E-state index in [9.17, 15) is 0 Å². The lowest BCUT2D eigenvalue weighted by Crippen LogP contribution is -2.33. The lowest BCUT2D eigenvalue weighted by atomic mass is 9.85. The summed E-state index contributed by atoms with van der Waals surface area (Å²) >= 11 is 0. The average Bonchev–Trinajstić information content (AvgIpc) is 3.10. The average molecular weight is 333 g/mol. The predicted octanol–water partition coefficient (Wildman–Crippen LogP) is 4.34. The molecule has 4 nitrogen and oxygen atoms in total. The van der Waals surface area contributed by atoms with E-state index in [4.69, 9.17) is 4.52 Å². The molecule has 0 bridgehead atoms. The number of hydrogen-bond donors (Lipinski definition) is 0. The highest BCUT2D eigenvalue weighted by Gasteiger charge is 2.27. The maximum atomic E-state index is 5.45. The van der Waals surface area contributed by atoms with E-state index in [2.05, 4.69) is 83.5 Å². The summed E-state index contributed by atoms with van der Waals surface area (Å²) in [6.45, 7) is 6.73. The van der Waals surface area contributed by atoms with Crippen LogP contribution in [0.1, 0.15) is 54.1 Å². The van der Waals surface area contributed by atoms with Crippen molar-refractivity contribution in [3.8, 4) is 0 Å². The molecule has 2 heterocycles. The normalized spacial score (nSPS) is 17.6. The zero-order valence-electron chi connectivity index (χ0n) is 14.7. The van der Waals surface area contributed by atoms with Crippen molar-refractivity contribution in [1.82, 2.24) is 15.0 Å². The molecule has 1 aliphatic rings. The second kappa shape index (κ2) is 6.81. The van der Waals surface area contributed by atoms with Gasteiger partial charge >= 0.3 is 0 Å². The molecule has 1 aliphatic heterocycles. The van der Waals surface area contributed by atoms with Crippen LogP contribution < -0.4 is 0 Å². The zero-order chi connectivity index (χ0) is 17.2. The molecule has 0 spiro atoms. The van der Waals surface area contributed by atoms with Crippen LogP contribution in [-0.4, -0.2) is 21.6 Å². The van der Waals surface area contributed by atoms with Crippen LogP contribution in [0.15, 0.2) is 59.1 Å². The number of fused-ring (bicyclic) bond motifs is 1. The summed E-state index contributed by atoms with van der Waals surface area (Å²) in [4.78, 5) is 6.94. The Morgan fingerprint density at radius 3 is 2.60 bits per heavy atom. The van der Waals surface area contributed by atoms with Gasteiger partial charge in [0.2, 0.25) is 5.89 Å². The van der Waals surface area contributed by atoms with Crippen LogP contribution in [0.3, 0.4) is 0 Å². The molecule has 4 rings (SSSR count). The first kappa shape index (κ1) is 16.0. The molecule has 3 aromatic rings. The lowest BCUT2D eigenvalue weighted by Gasteiger charge is -2.34. The van der Waals surface area contributed by atoms with Crippen molar-refractivity contribution < 1.29 is 4.52 Å². The Bertz CT molecular complexity index is 841. The molecule has 1 atom stereocenters. The monoisotopic (exact) mass is 333 g/mol. The van der Waals surface area contributed by atoms with Crippen LogP contribution in [0, 0.1) is 0 Å². The Labute approximate surface area is 148 Å². The third kappa shape index (κ3) is 3.35. The van der Waals surface area contributed by atoms with E-state index in [-0.39, 0.29) is 5.92 Å². The van der Waals surface area contributed by atoms with E-state index in [1.807, 2.05) is 0 Å². The summed E-state index contributed by atoms with van der Waals surface area (Å²) in [6.07, 6.45) is 0. The van der Waals surface area contributed by atoms with Crippen molar-refractivity contribution in [3.63, 3.8) is 0 Å². The second-order valence-electron chi connectivity index (χ2n) is 7.03. The van der Waals surface area contributed by atoms with Crippen LogP contribution in [0.5, 0.6) is 0 Å². The lowest BCUT2D eigenvalue weighted by molar-refractivity contribution is 0.200. The Balaban J connectivity index is 1.61. The molecule has 0 radical (unpaired) electrons. The fraction of sp³-hybridized carbons (Fsp3) is 0.333. The summed E-state index contributed by atoms with van der Waals surface area (Å²) in [6, 6.07) is 19.5.